The number of nitrogens with one attached hydrogen (secondary N) is 3. The van der Waals surface area contributed by atoms with Crippen molar-refractivity contribution in [3.05, 3.63) is 30.5 Å². The number of para-hydroxylation sites is 1. The van der Waals surface area contributed by atoms with Crippen LogP contribution in [-0.4, -0.2) is 45.8 Å². The Bertz CT molecular complexity index is 960. The minimum Gasteiger partial charge on any atom is -0.307 e. The molecule has 120 valence electrons. The third-order valence-corrected chi connectivity index (χ3v) is 3.44. The predicted molar refractivity (Wildman–Crippen MR) is 83.2 cm³/mol. The third-order valence-electron chi connectivity index (χ3n) is 2.86. The van der Waals surface area contributed by atoms with E-state index in [1.165, 1.54) is 10.9 Å². The molecule has 0 radical (unpaired) electrons. The van der Waals surface area contributed by atoms with Gasteiger partial charge in [0.2, 0.25) is 15.9 Å². The van der Waals surface area contributed by atoms with Gasteiger partial charge in [-0.05, 0) is 12.1 Å². The molecular formula is C12H13N7O3S. The van der Waals surface area contributed by atoms with Crippen molar-refractivity contribution in [3.8, 4) is 0 Å². The van der Waals surface area contributed by atoms with E-state index in [0.29, 0.717) is 5.82 Å². The second-order valence-electron chi connectivity index (χ2n) is 4.84. The van der Waals surface area contributed by atoms with Gasteiger partial charge in [-0.15, -0.1) is 5.10 Å². The van der Waals surface area contributed by atoms with Crippen molar-refractivity contribution in [2.24, 2.45) is 0 Å². The monoisotopic (exact) mass is 335 g/mol. The van der Waals surface area contributed by atoms with Gasteiger partial charge in [0, 0.05) is 5.39 Å². The number of nitrogens with zero attached hydrogens (tertiary/aromatic N) is 4. The summed E-state index contributed by atoms with van der Waals surface area (Å²) in [6.07, 6.45) is 2.32. The highest BCUT2D eigenvalue weighted by molar-refractivity contribution is 7.92. The van der Waals surface area contributed by atoms with Gasteiger partial charge in [-0.3, -0.25) is 14.6 Å². The largest absolute Gasteiger partial charge is 0.307 e. The van der Waals surface area contributed by atoms with Crippen LogP contribution in [0.4, 0.5) is 11.6 Å². The van der Waals surface area contributed by atoms with Gasteiger partial charge in [-0.25, -0.2) is 13.1 Å². The molecule has 3 rings (SSSR count). The van der Waals surface area contributed by atoms with E-state index >= 15 is 0 Å². The van der Waals surface area contributed by atoms with Crippen LogP contribution in [0.1, 0.15) is 0 Å². The standard InChI is InChI=1S/C12H13N7O3S/c1-23(21,22)17-10-6-19(18-15-10)7-11(20)13-12-8-4-2-3-5-9(8)14-16-12/h2-6,17H,7H2,1H3,(H2,13,14,16,20). The van der Waals surface area contributed by atoms with Crippen LogP contribution in [-0.2, 0) is 21.4 Å². The Morgan fingerprint density at radius 3 is 2.91 bits per heavy atom. The SMILES string of the molecule is CS(=O)(=O)Nc1cn(CC(=O)Nc2n[nH]c3ccccc23)nn1. The molecule has 3 N–H and O–H groups in total. The van der Waals surface area contributed by atoms with Crippen LogP contribution in [0.25, 0.3) is 10.9 Å². The molecule has 11 heteroatoms. The van der Waals surface area contributed by atoms with Crippen molar-refractivity contribution < 1.29 is 13.2 Å². The number of H-pyrrole nitrogens is 1. The lowest BCUT2D eigenvalue weighted by Crippen LogP contribution is -2.19. The number of sulfonamides is 1. The topological polar surface area (TPSA) is 135 Å². The first-order valence-corrected chi connectivity index (χ1v) is 8.41. The van der Waals surface area contributed by atoms with Crippen molar-refractivity contribution in [2.45, 2.75) is 6.54 Å². The summed E-state index contributed by atoms with van der Waals surface area (Å²) >= 11 is 0. The Balaban J connectivity index is 1.68. The summed E-state index contributed by atoms with van der Waals surface area (Å²) in [6.45, 7) is -0.125. The minimum absolute atomic E-state index is 0.0468. The molecule has 3 aromatic rings. The lowest BCUT2D eigenvalue weighted by atomic mass is 10.2. The third kappa shape index (κ3) is 3.63. The Morgan fingerprint density at radius 1 is 1.35 bits per heavy atom. The Labute approximate surface area is 130 Å². The number of rotatable bonds is 5. The van der Waals surface area contributed by atoms with E-state index in [9.17, 15) is 13.2 Å². The molecule has 23 heavy (non-hydrogen) atoms. The van der Waals surface area contributed by atoms with Crippen molar-refractivity contribution in [1.82, 2.24) is 25.2 Å². The summed E-state index contributed by atoms with van der Waals surface area (Å²) in [7, 11) is -3.44. The molecule has 0 aliphatic rings. The van der Waals surface area contributed by atoms with Crippen LogP contribution in [0, 0.1) is 0 Å². The molecule has 0 atom stereocenters. The highest BCUT2D eigenvalue weighted by atomic mass is 32.2. The van der Waals surface area contributed by atoms with Gasteiger partial charge >= 0.3 is 0 Å². The molecule has 0 saturated heterocycles. The van der Waals surface area contributed by atoms with E-state index < -0.39 is 10.0 Å². The fourth-order valence-electron chi connectivity index (χ4n) is 1.99. The first-order chi connectivity index (χ1) is 10.9. The number of benzene rings is 1. The van der Waals surface area contributed by atoms with E-state index in [4.69, 9.17) is 0 Å². The van der Waals surface area contributed by atoms with Crippen LogP contribution < -0.4 is 10.0 Å². The first-order valence-electron chi connectivity index (χ1n) is 6.51. The fraction of sp³-hybridized carbons (Fsp3) is 0.167. The quantitative estimate of drug-likeness (QED) is 0.608. The number of aromatic amines is 1. The maximum atomic E-state index is 12.0. The number of amides is 1. The van der Waals surface area contributed by atoms with Crippen LogP contribution >= 0.6 is 0 Å². The number of carbonyl (C=O) groups excluding carboxylic acids is 1. The molecule has 0 aliphatic carbocycles. The molecule has 2 heterocycles. The molecule has 0 fully saturated rings. The number of anilines is 2. The molecule has 0 saturated carbocycles. The molecule has 2 aromatic heterocycles. The molecule has 0 unspecified atom stereocenters. The molecule has 0 aliphatic heterocycles. The summed E-state index contributed by atoms with van der Waals surface area (Å²) in [5.74, 6) is 0.101. The molecule has 1 amide bonds. The van der Waals surface area contributed by atoms with Gasteiger partial charge in [0.1, 0.15) is 6.54 Å². The van der Waals surface area contributed by atoms with Crippen molar-refractivity contribution in [2.75, 3.05) is 16.3 Å². The molecular weight excluding hydrogens is 322 g/mol. The van der Waals surface area contributed by atoms with Crippen molar-refractivity contribution >= 4 is 38.5 Å². The zero-order valence-corrected chi connectivity index (χ0v) is 12.8. The highest BCUT2D eigenvalue weighted by Crippen LogP contribution is 2.19. The average molecular weight is 335 g/mol. The zero-order chi connectivity index (χ0) is 16.4. The van der Waals surface area contributed by atoms with Crippen LogP contribution in [0.15, 0.2) is 30.5 Å². The summed E-state index contributed by atoms with van der Waals surface area (Å²) < 4.78 is 25.6. The average Bonchev–Trinajstić information content (AvgIpc) is 3.05. The number of carbonyl (C=O) groups is 1. The lowest BCUT2D eigenvalue weighted by Gasteiger charge is -2.02. The van der Waals surface area contributed by atoms with Crippen molar-refractivity contribution in [1.29, 1.82) is 0 Å². The molecule has 1 aromatic carbocycles. The van der Waals surface area contributed by atoms with Crippen LogP contribution in [0.3, 0.4) is 0 Å². The van der Waals surface area contributed by atoms with Crippen molar-refractivity contribution in [3.63, 3.8) is 0 Å². The Morgan fingerprint density at radius 2 is 2.13 bits per heavy atom. The van der Waals surface area contributed by atoms with Gasteiger partial charge in [-0.2, -0.15) is 5.10 Å². The predicted octanol–water partition coefficient (Wildman–Crippen LogP) is 0.165. The van der Waals surface area contributed by atoms with Crippen LogP contribution in [0.2, 0.25) is 0 Å². The second-order valence-corrected chi connectivity index (χ2v) is 6.59. The number of fused-ring (bicyclic) bond motifs is 1. The zero-order valence-electron chi connectivity index (χ0n) is 12.0. The Hall–Kier alpha value is -2.95. The normalized spacial score (nSPS) is 11.5. The van der Waals surface area contributed by atoms with E-state index in [-0.39, 0.29) is 18.3 Å². The summed E-state index contributed by atoms with van der Waals surface area (Å²) in [5.41, 5.74) is 0.809. The molecule has 0 bridgehead atoms. The maximum Gasteiger partial charge on any atom is 0.247 e. The van der Waals surface area contributed by atoms with Gasteiger partial charge in [0.05, 0.1) is 18.0 Å². The van der Waals surface area contributed by atoms with Gasteiger partial charge < -0.3 is 5.32 Å². The van der Waals surface area contributed by atoms with E-state index in [1.54, 1.807) is 0 Å². The summed E-state index contributed by atoms with van der Waals surface area (Å²) in [5, 5.41) is 17.6. The minimum atomic E-state index is -3.44. The Kier molecular flexibility index (Phi) is 3.70. The van der Waals surface area contributed by atoms with E-state index in [1.807, 2.05) is 24.3 Å². The van der Waals surface area contributed by atoms with Gasteiger partial charge in [-0.1, -0.05) is 17.3 Å². The fourth-order valence-corrected chi connectivity index (χ4v) is 2.46. The highest BCUT2D eigenvalue weighted by Gasteiger charge is 2.12. The number of hydrogen-bond donors (Lipinski definition) is 3. The maximum absolute atomic E-state index is 12.0. The molecule has 0 spiro atoms. The summed E-state index contributed by atoms with van der Waals surface area (Å²) in [6, 6.07) is 7.38. The number of hydrogen-bond acceptors (Lipinski definition) is 6. The number of aromatic nitrogens is 5. The first kappa shape index (κ1) is 15.0. The summed E-state index contributed by atoms with van der Waals surface area (Å²) in [4.78, 5) is 12.0. The lowest BCUT2D eigenvalue weighted by molar-refractivity contribution is -0.116. The van der Waals surface area contributed by atoms with Crippen LogP contribution in [0.5, 0.6) is 0 Å². The van der Waals surface area contributed by atoms with E-state index in [2.05, 4.69) is 30.5 Å². The van der Waals surface area contributed by atoms with Gasteiger partial charge in [0.15, 0.2) is 11.6 Å². The van der Waals surface area contributed by atoms with Gasteiger partial charge in [0.25, 0.3) is 0 Å². The van der Waals surface area contributed by atoms with E-state index in [0.717, 1.165) is 17.2 Å². The molecule has 10 nitrogen and oxygen atoms in total. The smallest absolute Gasteiger partial charge is 0.247 e. The second kappa shape index (κ2) is 5.68.